The maximum Gasteiger partial charge on any atom is 0.212 e. The lowest BCUT2D eigenvalue weighted by molar-refractivity contribution is 0.564. The van der Waals surface area contributed by atoms with E-state index < -0.39 is 10.0 Å². The van der Waals surface area contributed by atoms with Crippen molar-refractivity contribution in [2.75, 3.05) is 5.75 Å². The number of hydrogen-bond acceptors (Lipinski definition) is 2. The topological polar surface area (TPSA) is 46.2 Å². The van der Waals surface area contributed by atoms with Gasteiger partial charge in [-0.25, -0.2) is 13.1 Å². The summed E-state index contributed by atoms with van der Waals surface area (Å²) in [7, 11) is -3.15. The summed E-state index contributed by atoms with van der Waals surface area (Å²) in [6, 6.07) is 7.74. The number of nitrogens with one attached hydrogen (secondary N) is 1. The number of rotatable bonds is 6. The highest BCUT2D eigenvalue weighted by molar-refractivity contribution is 7.89. The molecular formula is C13H21NO2S. The molecule has 0 bridgehead atoms. The fourth-order valence-corrected chi connectivity index (χ4v) is 3.05. The molecule has 3 nitrogen and oxygen atoms in total. The van der Waals surface area contributed by atoms with E-state index in [0.717, 1.165) is 12.0 Å². The summed E-state index contributed by atoms with van der Waals surface area (Å²) in [6.07, 6.45) is 1.59. The van der Waals surface area contributed by atoms with Crippen LogP contribution in [0.1, 0.15) is 43.9 Å². The van der Waals surface area contributed by atoms with Crippen LogP contribution in [0.3, 0.4) is 0 Å². The summed E-state index contributed by atoms with van der Waals surface area (Å²) in [5.74, 6) is 0.208. The average molecular weight is 255 g/mol. The van der Waals surface area contributed by atoms with Gasteiger partial charge in [-0.15, -0.1) is 0 Å². The van der Waals surface area contributed by atoms with Crippen molar-refractivity contribution >= 4 is 10.0 Å². The van der Waals surface area contributed by atoms with E-state index in [1.165, 1.54) is 5.56 Å². The van der Waals surface area contributed by atoms with E-state index in [4.69, 9.17) is 0 Å². The quantitative estimate of drug-likeness (QED) is 0.849. The van der Waals surface area contributed by atoms with Crippen LogP contribution in [0.15, 0.2) is 24.3 Å². The Morgan fingerprint density at radius 3 is 2.35 bits per heavy atom. The van der Waals surface area contributed by atoms with Gasteiger partial charge < -0.3 is 0 Å². The number of benzene rings is 1. The van der Waals surface area contributed by atoms with Gasteiger partial charge in [0.1, 0.15) is 0 Å². The minimum absolute atomic E-state index is 0.169. The minimum atomic E-state index is -3.15. The molecule has 0 aromatic heterocycles. The maximum absolute atomic E-state index is 11.7. The van der Waals surface area contributed by atoms with Gasteiger partial charge in [0.15, 0.2) is 0 Å². The second kappa shape index (κ2) is 6.17. The summed E-state index contributed by atoms with van der Waals surface area (Å²) in [5.41, 5.74) is 2.17. The van der Waals surface area contributed by atoms with Crippen LogP contribution in [-0.2, 0) is 10.0 Å². The molecule has 0 heterocycles. The first-order chi connectivity index (χ1) is 7.94. The first-order valence-corrected chi connectivity index (χ1v) is 7.66. The molecule has 96 valence electrons. The van der Waals surface area contributed by atoms with E-state index in [0.29, 0.717) is 6.42 Å². The van der Waals surface area contributed by atoms with Crippen molar-refractivity contribution in [3.05, 3.63) is 35.4 Å². The molecule has 0 aliphatic carbocycles. The minimum Gasteiger partial charge on any atom is -0.212 e. The fraction of sp³-hybridized carbons (Fsp3) is 0.538. The van der Waals surface area contributed by atoms with Crippen molar-refractivity contribution < 1.29 is 8.42 Å². The summed E-state index contributed by atoms with van der Waals surface area (Å²) in [4.78, 5) is 0. The molecule has 1 rings (SSSR count). The normalized spacial score (nSPS) is 13.6. The second-order valence-corrected chi connectivity index (χ2v) is 6.30. The van der Waals surface area contributed by atoms with E-state index in [9.17, 15) is 8.42 Å². The lowest BCUT2D eigenvalue weighted by Crippen LogP contribution is -2.29. The van der Waals surface area contributed by atoms with E-state index >= 15 is 0 Å². The lowest BCUT2D eigenvalue weighted by atomic mass is 10.1. The highest BCUT2D eigenvalue weighted by atomic mass is 32.2. The molecule has 1 unspecified atom stereocenters. The third-order valence-electron chi connectivity index (χ3n) is 2.70. The largest absolute Gasteiger partial charge is 0.212 e. The van der Waals surface area contributed by atoms with Gasteiger partial charge >= 0.3 is 0 Å². The molecule has 0 saturated carbocycles. The predicted octanol–water partition coefficient (Wildman–Crippen LogP) is 2.78. The van der Waals surface area contributed by atoms with Crippen LogP contribution in [-0.4, -0.2) is 14.2 Å². The molecule has 0 amide bonds. The molecule has 1 aromatic carbocycles. The number of aryl methyl sites for hydroxylation is 1. The van der Waals surface area contributed by atoms with Crippen LogP contribution in [0.25, 0.3) is 0 Å². The second-order valence-electron chi connectivity index (χ2n) is 4.42. The average Bonchev–Trinajstić information content (AvgIpc) is 2.26. The molecule has 0 radical (unpaired) electrons. The van der Waals surface area contributed by atoms with Gasteiger partial charge in [0.2, 0.25) is 10.0 Å². The summed E-state index contributed by atoms with van der Waals surface area (Å²) >= 11 is 0. The lowest BCUT2D eigenvalue weighted by Gasteiger charge is -2.14. The van der Waals surface area contributed by atoms with Crippen molar-refractivity contribution in [1.29, 1.82) is 0 Å². The smallest absolute Gasteiger partial charge is 0.212 e. The van der Waals surface area contributed by atoms with Crippen LogP contribution >= 0.6 is 0 Å². The van der Waals surface area contributed by atoms with E-state index in [2.05, 4.69) is 4.72 Å². The maximum atomic E-state index is 11.7. The van der Waals surface area contributed by atoms with Gasteiger partial charge in [-0.05, 0) is 25.8 Å². The summed E-state index contributed by atoms with van der Waals surface area (Å²) in [6.45, 7) is 5.87. The van der Waals surface area contributed by atoms with E-state index in [1.54, 1.807) is 0 Å². The molecule has 4 heteroatoms. The van der Waals surface area contributed by atoms with Crippen molar-refractivity contribution in [3.8, 4) is 0 Å². The predicted molar refractivity (Wildman–Crippen MR) is 71.4 cm³/mol. The highest BCUT2D eigenvalue weighted by Crippen LogP contribution is 2.14. The van der Waals surface area contributed by atoms with Crippen molar-refractivity contribution in [2.24, 2.45) is 0 Å². The molecule has 0 aliphatic rings. The molecule has 17 heavy (non-hydrogen) atoms. The first kappa shape index (κ1) is 14.2. The molecule has 0 fully saturated rings. The highest BCUT2D eigenvalue weighted by Gasteiger charge is 2.14. The molecule has 0 saturated heterocycles. The van der Waals surface area contributed by atoms with Gasteiger partial charge in [0.25, 0.3) is 0 Å². The number of sulfonamides is 1. The molecule has 1 N–H and O–H groups in total. The van der Waals surface area contributed by atoms with E-state index in [-0.39, 0.29) is 11.8 Å². The third-order valence-corrected chi connectivity index (χ3v) is 4.24. The Bertz CT molecular complexity index is 437. The number of unbranched alkanes of at least 4 members (excludes halogenated alkanes) is 1. The summed E-state index contributed by atoms with van der Waals surface area (Å²) < 4.78 is 26.2. The standard InChI is InChI=1S/C13H21NO2S/c1-4-5-10-17(15,16)14-12(3)13-8-6-11(2)7-9-13/h6-9,12,14H,4-5,10H2,1-3H3. The number of hydrogen-bond donors (Lipinski definition) is 1. The van der Waals surface area contributed by atoms with Crippen LogP contribution in [0, 0.1) is 6.92 Å². The van der Waals surface area contributed by atoms with Crippen LogP contribution < -0.4 is 4.72 Å². The van der Waals surface area contributed by atoms with Crippen molar-refractivity contribution in [2.45, 2.75) is 39.7 Å². The zero-order valence-electron chi connectivity index (χ0n) is 10.7. The Balaban J connectivity index is 2.65. The van der Waals surface area contributed by atoms with Crippen molar-refractivity contribution in [1.82, 2.24) is 4.72 Å². The molecule has 1 atom stereocenters. The molecular weight excluding hydrogens is 234 g/mol. The summed E-state index contributed by atoms with van der Waals surface area (Å²) in [5, 5.41) is 0. The van der Waals surface area contributed by atoms with Gasteiger partial charge in [-0.1, -0.05) is 43.2 Å². The van der Waals surface area contributed by atoms with Gasteiger partial charge in [-0.2, -0.15) is 0 Å². The molecule has 0 aliphatic heterocycles. The van der Waals surface area contributed by atoms with Crippen LogP contribution in [0.5, 0.6) is 0 Å². The van der Waals surface area contributed by atoms with Crippen LogP contribution in [0.2, 0.25) is 0 Å². The zero-order valence-corrected chi connectivity index (χ0v) is 11.5. The third kappa shape index (κ3) is 4.88. The Morgan fingerprint density at radius 1 is 1.24 bits per heavy atom. The zero-order chi connectivity index (χ0) is 12.9. The Labute approximate surface area is 104 Å². The van der Waals surface area contributed by atoms with Gasteiger partial charge in [0.05, 0.1) is 5.75 Å². The van der Waals surface area contributed by atoms with Crippen molar-refractivity contribution in [3.63, 3.8) is 0 Å². The Morgan fingerprint density at radius 2 is 1.82 bits per heavy atom. The fourth-order valence-electron chi connectivity index (χ4n) is 1.59. The van der Waals surface area contributed by atoms with Gasteiger partial charge in [0, 0.05) is 6.04 Å². The SMILES string of the molecule is CCCCS(=O)(=O)NC(C)c1ccc(C)cc1. The Hall–Kier alpha value is -0.870. The first-order valence-electron chi connectivity index (χ1n) is 6.01. The Kier molecular flexibility index (Phi) is 5.15. The monoisotopic (exact) mass is 255 g/mol. The van der Waals surface area contributed by atoms with Crippen LogP contribution in [0.4, 0.5) is 0 Å². The molecule has 0 spiro atoms. The van der Waals surface area contributed by atoms with Gasteiger partial charge in [-0.3, -0.25) is 0 Å². The molecule has 1 aromatic rings. The van der Waals surface area contributed by atoms with E-state index in [1.807, 2.05) is 45.0 Å².